The third-order valence-electron chi connectivity index (χ3n) is 5.17. The van der Waals surface area contributed by atoms with Crippen molar-refractivity contribution in [3.8, 4) is 11.5 Å². The molecule has 2 aliphatic heterocycles. The van der Waals surface area contributed by atoms with Gasteiger partial charge in [0, 0.05) is 43.6 Å². The molecule has 0 radical (unpaired) electrons. The highest BCUT2D eigenvalue weighted by molar-refractivity contribution is 7.92. The Balaban J connectivity index is 1.42. The minimum Gasteiger partial charge on any atom is -0.489 e. The number of hydrogen-bond acceptors (Lipinski definition) is 5. The third-order valence-corrected chi connectivity index (χ3v) is 7.01. The maximum atomic E-state index is 13.0. The number of carbonyl (C=O) groups is 1. The Bertz CT molecular complexity index is 1080. The average molecular weight is 463 g/mol. The molecule has 4 rings (SSSR count). The Morgan fingerprint density at radius 1 is 1.00 bits per heavy atom. The van der Waals surface area contributed by atoms with Crippen LogP contribution in [-0.2, 0) is 10.0 Å². The molecule has 2 aliphatic rings. The Morgan fingerprint density at radius 3 is 2.45 bits per heavy atom. The molecule has 0 unspecified atom stereocenters. The van der Waals surface area contributed by atoms with Crippen LogP contribution in [0.5, 0.6) is 11.5 Å². The van der Waals surface area contributed by atoms with E-state index in [-0.39, 0.29) is 19.0 Å². The maximum Gasteiger partial charge on any atom is 0.254 e. The Hall–Kier alpha value is -2.55. The number of fused-ring (bicyclic) bond motifs is 1. The van der Waals surface area contributed by atoms with Gasteiger partial charge < -0.3 is 14.4 Å². The van der Waals surface area contributed by atoms with Gasteiger partial charge in [0.1, 0.15) is 0 Å². The predicted octanol–water partition coefficient (Wildman–Crippen LogP) is 3.26. The predicted molar refractivity (Wildman–Crippen MR) is 119 cm³/mol. The van der Waals surface area contributed by atoms with E-state index in [9.17, 15) is 13.2 Å². The van der Waals surface area contributed by atoms with Gasteiger partial charge in [-0.05, 0) is 23.8 Å². The summed E-state index contributed by atoms with van der Waals surface area (Å²) in [6.45, 7) is 2.05. The molecule has 9 heteroatoms. The third kappa shape index (κ3) is 5.03. The average Bonchev–Trinajstić information content (AvgIpc) is 3.04. The zero-order valence-corrected chi connectivity index (χ0v) is 18.4. The number of hydrogen-bond donors (Lipinski definition) is 0. The Morgan fingerprint density at radius 2 is 1.71 bits per heavy atom. The SMILES string of the molecule is O=C(c1cc(Cl)c2c(c1)OCCCO2)N1CCN(S(=O)(=O)/C=C/c2ccccc2)CC1. The van der Waals surface area contributed by atoms with Gasteiger partial charge in [-0.2, -0.15) is 4.31 Å². The van der Waals surface area contributed by atoms with Gasteiger partial charge in [0.05, 0.1) is 18.2 Å². The van der Waals surface area contributed by atoms with Gasteiger partial charge in [-0.15, -0.1) is 0 Å². The number of halogens is 1. The maximum absolute atomic E-state index is 13.0. The number of piperazine rings is 1. The van der Waals surface area contributed by atoms with Crippen LogP contribution in [0.3, 0.4) is 0 Å². The Labute approximate surface area is 186 Å². The molecule has 0 saturated carbocycles. The topological polar surface area (TPSA) is 76.2 Å². The first-order valence-corrected chi connectivity index (χ1v) is 11.9. The van der Waals surface area contributed by atoms with E-state index in [1.807, 2.05) is 30.3 Å². The fourth-order valence-corrected chi connectivity index (χ4v) is 4.94. The fraction of sp³-hybridized carbons (Fsp3) is 0.318. The first kappa shape index (κ1) is 21.7. The molecule has 0 bridgehead atoms. The molecule has 0 atom stereocenters. The van der Waals surface area contributed by atoms with Crippen LogP contribution < -0.4 is 9.47 Å². The number of amides is 1. The van der Waals surface area contributed by atoms with Gasteiger partial charge in [-0.1, -0.05) is 41.9 Å². The molecular weight excluding hydrogens is 440 g/mol. The van der Waals surface area contributed by atoms with E-state index in [4.69, 9.17) is 21.1 Å². The van der Waals surface area contributed by atoms with Crippen molar-refractivity contribution in [2.45, 2.75) is 6.42 Å². The number of nitrogens with zero attached hydrogens (tertiary/aromatic N) is 2. The van der Waals surface area contributed by atoms with Crippen molar-refractivity contribution in [1.82, 2.24) is 9.21 Å². The number of sulfonamides is 1. The van der Waals surface area contributed by atoms with Crippen LogP contribution in [-0.4, -0.2) is 62.9 Å². The number of rotatable bonds is 4. The van der Waals surface area contributed by atoms with Crippen molar-refractivity contribution < 1.29 is 22.7 Å². The molecule has 0 aromatic heterocycles. The van der Waals surface area contributed by atoms with Crippen LogP contribution in [0.1, 0.15) is 22.3 Å². The molecule has 1 saturated heterocycles. The van der Waals surface area contributed by atoms with Crippen molar-refractivity contribution in [2.75, 3.05) is 39.4 Å². The zero-order valence-electron chi connectivity index (χ0n) is 16.9. The first-order valence-electron chi connectivity index (χ1n) is 10.1. The van der Waals surface area contributed by atoms with Crippen LogP contribution in [0.2, 0.25) is 5.02 Å². The normalized spacial score (nSPS) is 17.5. The molecule has 164 valence electrons. The smallest absolute Gasteiger partial charge is 0.254 e. The van der Waals surface area contributed by atoms with Crippen LogP contribution >= 0.6 is 11.6 Å². The van der Waals surface area contributed by atoms with E-state index < -0.39 is 10.0 Å². The van der Waals surface area contributed by atoms with Gasteiger partial charge in [0.25, 0.3) is 5.91 Å². The molecule has 1 fully saturated rings. The van der Waals surface area contributed by atoms with Gasteiger partial charge in [-0.3, -0.25) is 4.79 Å². The summed E-state index contributed by atoms with van der Waals surface area (Å²) < 4.78 is 37.9. The number of ether oxygens (including phenoxy) is 2. The molecule has 1 amide bonds. The van der Waals surface area contributed by atoms with Crippen LogP contribution in [0, 0.1) is 0 Å². The summed E-state index contributed by atoms with van der Waals surface area (Å²) in [6.07, 6.45) is 2.32. The minimum absolute atomic E-state index is 0.213. The van der Waals surface area contributed by atoms with Crippen molar-refractivity contribution in [3.63, 3.8) is 0 Å². The standard InChI is InChI=1S/C22H23ClN2O5S/c23-19-15-18(16-20-21(19)30-13-4-12-29-20)22(26)24-8-10-25(11-9-24)31(27,28)14-7-17-5-2-1-3-6-17/h1-3,5-7,14-16H,4,8-13H2/b14-7+. The second-order valence-electron chi connectivity index (χ2n) is 7.29. The van der Waals surface area contributed by atoms with Crippen LogP contribution in [0.15, 0.2) is 47.9 Å². The van der Waals surface area contributed by atoms with Crippen LogP contribution in [0.4, 0.5) is 0 Å². The lowest BCUT2D eigenvalue weighted by molar-refractivity contribution is 0.0698. The van der Waals surface area contributed by atoms with Crippen molar-refractivity contribution in [2.24, 2.45) is 0 Å². The second kappa shape index (κ2) is 9.30. The van der Waals surface area contributed by atoms with E-state index in [0.29, 0.717) is 48.4 Å². The molecule has 0 aliphatic carbocycles. The van der Waals surface area contributed by atoms with Crippen molar-refractivity contribution in [1.29, 1.82) is 0 Å². The molecule has 0 N–H and O–H groups in total. The lowest BCUT2D eigenvalue weighted by Gasteiger charge is -2.33. The van der Waals surface area contributed by atoms with E-state index in [1.54, 1.807) is 23.1 Å². The van der Waals surface area contributed by atoms with E-state index in [0.717, 1.165) is 12.0 Å². The fourth-order valence-electron chi connectivity index (χ4n) is 3.50. The molecule has 2 aromatic carbocycles. The quantitative estimate of drug-likeness (QED) is 0.697. The summed E-state index contributed by atoms with van der Waals surface area (Å²) in [7, 11) is -3.56. The summed E-state index contributed by atoms with van der Waals surface area (Å²) in [5, 5.41) is 1.54. The van der Waals surface area contributed by atoms with E-state index in [1.165, 1.54) is 9.71 Å². The van der Waals surface area contributed by atoms with Gasteiger partial charge in [0.2, 0.25) is 10.0 Å². The molecule has 31 heavy (non-hydrogen) atoms. The molecule has 0 spiro atoms. The monoisotopic (exact) mass is 462 g/mol. The molecule has 2 aromatic rings. The first-order chi connectivity index (χ1) is 14.9. The highest BCUT2D eigenvalue weighted by atomic mass is 35.5. The molecular formula is C22H23ClN2O5S. The number of carbonyl (C=O) groups excluding carboxylic acids is 1. The zero-order chi connectivity index (χ0) is 21.8. The van der Waals surface area contributed by atoms with Gasteiger partial charge >= 0.3 is 0 Å². The van der Waals surface area contributed by atoms with Gasteiger partial charge in [0.15, 0.2) is 11.5 Å². The van der Waals surface area contributed by atoms with E-state index in [2.05, 4.69) is 0 Å². The van der Waals surface area contributed by atoms with E-state index >= 15 is 0 Å². The summed E-state index contributed by atoms with van der Waals surface area (Å²) in [6, 6.07) is 12.5. The molecule has 2 heterocycles. The van der Waals surface area contributed by atoms with Crippen molar-refractivity contribution in [3.05, 3.63) is 64.0 Å². The Kier molecular flexibility index (Phi) is 6.50. The lowest BCUT2D eigenvalue weighted by Crippen LogP contribution is -2.50. The second-order valence-corrected chi connectivity index (χ2v) is 9.51. The van der Waals surface area contributed by atoms with Gasteiger partial charge in [-0.25, -0.2) is 8.42 Å². The van der Waals surface area contributed by atoms with Crippen LogP contribution in [0.25, 0.3) is 6.08 Å². The highest BCUT2D eigenvalue weighted by Crippen LogP contribution is 2.38. The summed E-state index contributed by atoms with van der Waals surface area (Å²) >= 11 is 6.30. The summed E-state index contributed by atoms with van der Waals surface area (Å²) in [4.78, 5) is 14.6. The minimum atomic E-state index is -3.56. The lowest BCUT2D eigenvalue weighted by atomic mass is 10.1. The summed E-state index contributed by atoms with van der Waals surface area (Å²) in [5.41, 5.74) is 1.21. The largest absolute Gasteiger partial charge is 0.489 e. The number of benzene rings is 2. The van der Waals surface area contributed by atoms with Crippen molar-refractivity contribution >= 4 is 33.6 Å². The highest BCUT2D eigenvalue weighted by Gasteiger charge is 2.29. The summed E-state index contributed by atoms with van der Waals surface area (Å²) in [5.74, 6) is 0.701. The molecule has 7 nitrogen and oxygen atoms in total.